The number of rotatable bonds is 5. The fourth-order valence-corrected chi connectivity index (χ4v) is 2.10. The Balaban J connectivity index is 2.50. The topological polar surface area (TPSA) is 52.6 Å². The fourth-order valence-electron chi connectivity index (χ4n) is 1.71. The maximum atomic E-state index is 11.8. The summed E-state index contributed by atoms with van der Waals surface area (Å²) in [4.78, 5) is 13.6. The van der Waals surface area contributed by atoms with E-state index in [0.717, 1.165) is 10.2 Å². The Bertz CT molecular complexity index is 416. The smallest absolute Gasteiger partial charge is 0.238 e. The number of halogens is 1. The number of likely N-dealkylation sites (N-methyl/N-ethyl adjacent to an activating group) is 1. The molecule has 0 bridgehead atoms. The third-order valence-electron chi connectivity index (χ3n) is 2.22. The Labute approximate surface area is 116 Å². The molecule has 2 N–H and O–H groups in total. The Morgan fingerprint density at radius 1 is 1.44 bits per heavy atom. The molecule has 0 fully saturated rings. The van der Waals surface area contributed by atoms with Crippen LogP contribution >= 0.6 is 15.9 Å². The van der Waals surface area contributed by atoms with Crippen molar-refractivity contribution < 1.29 is 9.90 Å². The molecular formula is C13H19BrN2O2. The molecule has 4 nitrogen and oxygen atoms in total. The number of nitrogens with one attached hydrogen (secondary N) is 1. The molecular weight excluding hydrogens is 296 g/mol. The summed E-state index contributed by atoms with van der Waals surface area (Å²) in [5, 5.41) is 12.5. The predicted octanol–water partition coefficient (Wildman–Crippen LogP) is 2.09. The highest BCUT2D eigenvalue weighted by molar-refractivity contribution is 9.10. The monoisotopic (exact) mass is 314 g/mol. The van der Waals surface area contributed by atoms with E-state index in [-0.39, 0.29) is 12.5 Å². The number of anilines is 1. The average molecular weight is 315 g/mol. The Kier molecular flexibility index (Phi) is 5.31. The van der Waals surface area contributed by atoms with Gasteiger partial charge in [0.2, 0.25) is 5.91 Å². The average Bonchev–Trinajstić information content (AvgIpc) is 2.18. The molecule has 1 aromatic rings. The molecule has 100 valence electrons. The molecule has 5 heteroatoms. The molecule has 0 unspecified atom stereocenters. The third-order valence-corrected chi connectivity index (χ3v) is 2.91. The van der Waals surface area contributed by atoms with Crippen LogP contribution in [0.25, 0.3) is 0 Å². The van der Waals surface area contributed by atoms with Gasteiger partial charge in [-0.3, -0.25) is 9.69 Å². The lowest BCUT2D eigenvalue weighted by molar-refractivity contribution is -0.117. The highest BCUT2D eigenvalue weighted by atomic mass is 79.9. The first kappa shape index (κ1) is 15.1. The zero-order valence-corrected chi connectivity index (χ0v) is 12.5. The molecule has 18 heavy (non-hydrogen) atoms. The van der Waals surface area contributed by atoms with Crippen LogP contribution in [0.5, 0.6) is 0 Å². The van der Waals surface area contributed by atoms with Gasteiger partial charge in [-0.2, -0.15) is 0 Å². The van der Waals surface area contributed by atoms with Crippen LogP contribution in [0.1, 0.15) is 13.8 Å². The molecule has 0 aliphatic rings. The minimum absolute atomic E-state index is 0.103. The van der Waals surface area contributed by atoms with Crippen molar-refractivity contribution in [3.63, 3.8) is 0 Å². The minimum atomic E-state index is -0.803. The van der Waals surface area contributed by atoms with Gasteiger partial charge in [0.15, 0.2) is 0 Å². The summed E-state index contributed by atoms with van der Waals surface area (Å²) in [5.41, 5.74) is -0.0540. The van der Waals surface area contributed by atoms with Gasteiger partial charge in [-0.25, -0.2) is 0 Å². The molecule has 0 saturated carbocycles. The summed E-state index contributed by atoms with van der Waals surface area (Å²) in [7, 11) is 1.80. The number of para-hydroxylation sites is 1. The van der Waals surface area contributed by atoms with E-state index in [1.165, 1.54) is 0 Å². The highest BCUT2D eigenvalue weighted by Gasteiger charge is 2.17. The lowest BCUT2D eigenvalue weighted by atomic mass is 10.1. The molecule has 0 aliphatic heterocycles. The summed E-state index contributed by atoms with van der Waals surface area (Å²) in [6.07, 6.45) is 0. The van der Waals surface area contributed by atoms with Crippen molar-refractivity contribution in [1.29, 1.82) is 0 Å². The maximum absolute atomic E-state index is 11.8. The van der Waals surface area contributed by atoms with Crippen LogP contribution in [0.15, 0.2) is 28.7 Å². The molecule has 1 rings (SSSR count). The number of hydrogen-bond donors (Lipinski definition) is 2. The first-order valence-electron chi connectivity index (χ1n) is 5.73. The van der Waals surface area contributed by atoms with Crippen molar-refractivity contribution in [2.75, 3.05) is 25.5 Å². The first-order valence-corrected chi connectivity index (χ1v) is 6.52. The van der Waals surface area contributed by atoms with E-state index in [0.29, 0.717) is 6.54 Å². The van der Waals surface area contributed by atoms with Crippen molar-refractivity contribution in [2.24, 2.45) is 0 Å². The van der Waals surface area contributed by atoms with Crippen LogP contribution in [0.2, 0.25) is 0 Å². The number of carbonyl (C=O) groups is 1. The van der Waals surface area contributed by atoms with Crippen LogP contribution in [0.4, 0.5) is 5.69 Å². The molecule has 1 amide bonds. The quantitative estimate of drug-likeness (QED) is 0.875. The standard InChI is InChI=1S/C13H19BrN2O2/c1-13(2,18)9-16(3)8-12(17)15-11-7-5-4-6-10(11)14/h4-7,18H,8-9H2,1-3H3,(H,15,17). The summed E-state index contributed by atoms with van der Waals surface area (Å²) in [6.45, 7) is 4.12. The van der Waals surface area contributed by atoms with Gasteiger partial charge in [-0.1, -0.05) is 12.1 Å². The molecule has 0 saturated heterocycles. The summed E-state index contributed by atoms with van der Waals surface area (Å²) in [5.74, 6) is -0.103. The molecule has 0 aromatic heterocycles. The van der Waals surface area contributed by atoms with Crippen molar-refractivity contribution in [2.45, 2.75) is 19.4 Å². The largest absolute Gasteiger partial charge is 0.389 e. The van der Waals surface area contributed by atoms with E-state index in [4.69, 9.17) is 0 Å². The SMILES string of the molecule is CN(CC(=O)Nc1ccccc1Br)CC(C)(C)O. The third kappa shape index (κ3) is 5.62. The highest BCUT2D eigenvalue weighted by Crippen LogP contribution is 2.20. The van der Waals surface area contributed by atoms with Gasteiger partial charge in [-0.15, -0.1) is 0 Å². The molecule has 0 aliphatic carbocycles. The molecule has 0 heterocycles. The molecule has 0 atom stereocenters. The van der Waals surface area contributed by atoms with E-state index in [9.17, 15) is 9.90 Å². The van der Waals surface area contributed by atoms with Gasteiger partial charge in [0.25, 0.3) is 0 Å². The van der Waals surface area contributed by atoms with Crippen LogP contribution in [0.3, 0.4) is 0 Å². The summed E-state index contributed by atoms with van der Waals surface area (Å²) >= 11 is 3.37. The van der Waals surface area contributed by atoms with Gasteiger partial charge in [0, 0.05) is 11.0 Å². The number of carbonyl (C=O) groups excluding carboxylic acids is 1. The zero-order chi connectivity index (χ0) is 13.8. The van der Waals surface area contributed by atoms with E-state index in [2.05, 4.69) is 21.2 Å². The van der Waals surface area contributed by atoms with Crippen LogP contribution in [0, 0.1) is 0 Å². The minimum Gasteiger partial charge on any atom is -0.389 e. The molecule has 1 aromatic carbocycles. The Hall–Kier alpha value is -0.910. The summed E-state index contributed by atoms with van der Waals surface area (Å²) < 4.78 is 0.850. The van der Waals surface area contributed by atoms with E-state index in [1.807, 2.05) is 24.3 Å². The number of amides is 1. The van der Waals surface area contributed by atoms with Crippen molar-refractivity contribution in [3.8, 4) is 0 Å². The summed E-state index contributed by atoms with van der Waals surface area (Å²) in [6, 6.07) is 7.45. The number of nitrogens with zero attached hydrogens (tertiary/aromatic N) is 1. The number of hydrogen-bond acceptors (Lipinski definition) is 3. The number of aliphatic hydroxyl groups is 1. The van der Waals surface area contributed by atoms with Crippen molar-refractivity contribution in [1.82, 2.24) is 4.90 Å². The normalized spacial score (nSPS) is 11.7. The van der Waals surface area contributed by atoms with Crippen molar-refractivity contribution >= 4 is 27.5 Å². The maximum Gasteiger partial charge on any atom is 0.238 e. The lowest BCUT2D eigenvalue weighted by Crippen LogP contribution is -2.40. The van der Waals surface area contributed by atoms with Gasteiger partial charge in [-0.05, 0) is 49.0 Å². The Morgan fingerprint density at radius 2 is 2.06 bits per heavy atom. The molecule has 0 radical (unpaired) electrons. The zero-order valence-electron chi connectivity index (χ0n) is 10.9. The van der Waals surface area contributed by atoms with Gasteiger partial charge < -0.3 is 10.4 Å². The van der Waals surface area contributed by atoms with E-state index >= 15 is 0 Å². The van der Waals surface area contributed by atoms with Gasteiger partial charge >= 0.3 is 0 Å². The fraction of sp³-hybridized carbons (Fsp3) is 0.462. The Morgan fingerprint density at radius 3 is 2.61 bits per heavy atom. The van der Waals surface area contributed by atoms with Crippen LogP contribution in [-0.4, -0.2) is 41.7 Å². The second-order valence-corrected chi connectivity index (χ2v) is 5.87. The van der Waals surface area contributed by atoms with E-state index < -0.39 is 5.60 Å². The van der Waals surface area contributed by atoms with Crippen LogP contribution in [-0.2, 0) is 4.79 Å². The second-order valence-electron chi connectivity index (χ2n) is 5.01. The second kappa shape index (κ2) is 6.31. The first-order chi connectivity index (χ1) is 8.28. The van der Waals surface area contributed by atoms with Gasteiger partial charge in [0.05, 0.1) is 17.8 Å². The predicted molar refractivity (Wildman–Crippen MR) is 76.6 cm³/mol. The molecule has 0 spiro atoms. The number of benzene rings is 1. The van der Waals surface area contributed by atoms with Crippen molar-refractivity contribution in [3.05, 3.63) is 28.7 Å². The van der Waals surface area contributed by atoms with Gasteiger partial charge in [0.1, 0.15) is 0 Å². The van der Waals surface area contributed by atoms with E-state index in [1.54, 1.807) is 25.8 Å². The van der Waals surface area contributed by atoms with Crippen LogP contribution < -0.4 is 5.32 Å². The lowest BCUT2D eigenvalue weighted by Gasteiger charge is -2.24.